The maximum absolute atomic E-state index is 12.7. The molecule has 0 radical (unpaired) electrons. The summed E-state index contributed by atoms with van der Waals surface area (Å²) in [5.41, 5.74) is 8.32. The van der Waals surface area contributed by atoms with Crippen LogP contribution in [0, 0.1) is 11.8 Å². The number of anilines is 1. The van der Waals surface area contributed by atoms with Gasteiger partial charge in [0.15, 0.2) is 11.6 Å². The van der Waals surface area contributed by atoms with Gasteiger partial charge in [0, 0.05) is 67.7 Å². The van der Waals surface area contributed by atoms with E-state index in [2.05, 4.69) is 58.0 Å². The summed E-state index contributed by atoms with van der Waals surface area (Å²) in [5, 5.41) is 4.83. The number of nitrogens with zero attached hydrogens (tertiary/aromatic N) is 5. The second-order valence-electron chi connectivity index (χ2n) is 10.6. The van der Waals surface area contributed by atoms with E-state index >= 15 is 0 Å². The summed E-state index contributed by atoms with van der Waals surface area (Å²) in [6, 6.07) is 5.16. The molecule has 186 valence electrons. The fraction of sp³-hybridized carbons (Fsp3) is 0.680. The summed E-state index contributed by atoms with van der Waals surface area (Å²) in [7, 11) is 0. The molecule has 9 heteroatoms. The fourth-order valence-corrected chi connectivity index (χ4v) is 6.17. The van der Waals surface area contributed by atoms with Crippen molar-refractivity contribution in [3.05, 3.63) is 24.0 Å². The monoisotopic (exact) mass is 474 g/mol. The van der Waals surface area contributed by atoms with Gasteiger partial charge in [0.1, 0.15) is 0 Å². The zero-order chi connectivity index (χ0) is 24.1. The highest BCUT2D eigenvalue weighted by molar-refractivity contribution is 5.64. The molecule has 3 fully saturated rings. The van der Waals surface area contributed by atoms with E-state index in [4.69, 9.17) is 10.8 Å². The van der Waals surface area contributed by atoms with Crippen LogP contribution in [0.3, 0.4) is 0 Å². The molecule has 0 unspecified atom stereocenters. The minimum Gasteiger partial charge on any atom is -0.431 e. The van der Waals surface area contributed by atoms with Gasteiger partial charge < -0.3 is 10.5 Å². The van der Waals surface area contributed by atoms with Crippen LogP contribution in [0.25, 0.3) is 11.3 Å². The van der Waals surface area contributed by atoms with Crippen molar-refractivity contribution in [2.45, 2.75) is 71.2 Å². The van der Waals surface area contributed by atoms with E-state index in [0.29, 0.717) is 35.4 Å². The fourth-order valence-electron chi connectivity index (χ4n) is 6.17. The molecule has 4 atom stereocenters. The summed E-state index contributed by atoms with van der Waals surface area (Å²) < 4.78 is 32.1. The molecule has 0 bridgehead atoms. The molecule has 0 amide bonds. The number of aromatic nitrogens is 3. The molecule has 34 heavy (non-hydrogen) atoms. The van der Waals surface area contributed by atoms with E-state index in [-0.39, 0.29) is 17.6 Å². The van der Waals surface area contributed by atoms with Gasteiger partial charge in [-0.1, -0.05) is 0 Å². The van der Waals surface area contributed by atoms with Crippen molar-refractivity contribution >= 4 is 5.82 Å². The molecule has 0 spiro atoms. The van der Waals surface area contributed by atoms with Crippen molar-refractivity contribution in [3.8, 4) is 17.0 Å². The zero-order valence-corrected chi connectivity index (χ0v) is 20.5. The van der Waals surface area contributed by atoms with Crippen LogP contribution in [-0.2, 0) is 0 Å². The second kappa shape index (κ2) is 9.07. The number of hydrogen-bond acceptors (Lipinski definition) is 6. The van der Waals surface area contributed by atoms with Gasteiger partial charge in [-0.25, -0.2) is 4.98 Å². The normalized spacial score (nSPS) is 27.7. The van der Waals surface area contributed by atoms with Crippen LogP contribution in [-0.4, -0.2) is 69.4 Å². The third-order valence-electron chi connectivity index (χ3n) is 8.00. The Morgan fingerprint density at radius 1 is 1.00 bits per heavy atom. The summed E-state index contributed by atoms with van der Waals surface area (Å²) in [5.74, 6) is 1.77. The van der Waals surface area contributed by atoms with Crippen LogP contribution in [0.4, 0.5) is 14.6 Å². The van der Waals surface area contributed by atoms with Crippen LogP contribution in [0.5, 0.6) is 5.75 Å². The number of hydrogen-bond donors (Lipinski definition) is 1. The maximum atomic E-state index is 12.7. The van der Waals surface area contributed by atoms with E-state index in [1.165, 1.54) is 50.8 Å². The first-order chi connectivity index (χ1) is 16.2. The average Bonchev–Trinajstić information content (AvgIpc) is 3.15. The first kappa shape index (κ1) is 23.5. The van der Waals surface area contributed by atoms with Gasteiger partial charge in [-0.05, 0) is 64.5 Å². The Balaban J connectivity index is 1.29. The molecule has 7 nitrogen and oxygen atoms in total. The largest absolute Gasteiger partial charge is 0.431 e. The highest BCUT2D eigenvalue weighted by atomic mass is 19.3. The van der Waals surface area contributed by atoms with Gasteiger partial charge >= 0.3 is 6.61 Å². The van der Waals surface area contributed by atoms with Gasteiger partial charge in [-0.2, -0.15) is 13.9 Å². The number of fused-ring (bicyclic) bond motifs is 1. The maximum Gasteiger partial charge on any atom is 0.387 e. The van der Waals surface area contributed by atoms with E-state index in [1.54, 1.807) is 6.20 Å². The molecule has 3 heterocycles. The van der Waals surface area contributed by atoms with Crippen molar-refractivity contribution in [2.24, 2.45) is 11.8 Å². The Kier molecular flexibility index (Phi) is 6.27. The Bertz CT molecular complexity index is 1000. The first-order valence-corrected chi connectivity index (χ1v) is 12.5. The van der Waals surface area contributed by atoms with Gasteiger partial charge in [-0.3, -0.25) is 14.5 Å². The number of rotatable bonds is 7. The van der Waals surface area contributed by atoms with E-state index in [0.717, 1.165) is 5.69 Å². The van der Waals surface area contributed by atoms with Gasteiger partial charge in [-0.15, -0.1) is 0 Å². The highest BCUT2D eigenvalue weighted by Gasteiger charge is 2.58. The lowest BCUT2D eigenvalue weighted by Gasteiger charge is -2.40. The van der Waals surface area contributed by atoms with Gasteiger partial charge in [0.05, 0.1) is 5.69 Å². The molecule has 3 aliphatic rings. The average molecular weight is 475 g/mol. The zero-order valence-electron chi connectivity index (χ0n) is 20.5. The third-order valence-corrected chi connectivity index (χ3v) is 8.00. The van der Waals surface area contributed by atoms with Crippen molar-refractivity contribution in [1.82, 2.24) is 24.6 Å². The van der Waals surface area contributed by atoms with Crippen LogP contribution >= 0.6 is 0 Å². The topological polar surface area (TPSA) is 72.4 Å². The summed E-state index contributed by atoms with van der Waals surface area (Å²) in [4.78, 5) is 9.33. The highest BCUT2D eigenvalue weighted by Crippen LogP contribution is 2.64. The minimum atomic E-state index is -2.95. The van der Waals surface area contributed by atoms with Crippen molar-refractivity contribution in [3.63, 3.8) is 0 Å². The number of halogens is 2. The molecule has 1 saturated heterocycles. The molecule has 2 N–H and O–H groups in total. The number of nitrogens with two attached hydrogens (primary N) is 1. The lowest BCUT2D eigenvalue weighted by molar-refractivity contribution is -0.0494. The van der Waals surface area contributed by atoms with Crippen LogP contribution in [0.15, 0.2) is 18.3 Å². The van der Waals surface area contributed by atoms with Crippen LogP contribution in [0.1, 0.15) is 58.2 Å². The first-order valence-electron chi connectivity index (χ1n) is 12.5. The number of piperazine rings is 1. The summed E-state index contributed by atoms with van der Waals surface area (Å²) in [6.07, 6.45) is 4.09. The molecule has 2 aliphatic carbocycles. The van der Waals surface area contributed by atoms with Gasteiger partial charge in [0.2, 0.25) is 0 Å². The number of ether oxygens (including phenoxy) is 1. The quantitative estimate of drug-likeness (QED) is 0.648. The van der Waals surface area contributed by atoms with Crippen molar-refractivity contribution in [1.29, 1.82) is 0 Å². The predicted molar refractivity (Wildman–Crippen MR) is 128 cm³/mol. The summed E-state index contributed by atoms with van der Waals surface area (Å²) >= 11 is 0. The second-order valence-corrected chi connectivity index (χ2v) is 10.6. The molecule has 2 aromatic heterocycles. The number of nitrogen functional groups attached to an aromatic ring is 1. The SMILES string of the molecule is CC(C)N1CCN([C@@H]2C[C@@H]3[C@H](C2)[C@H]3c2cc(-c3cnc(N)c(OC(F)F)c3)nn2C(C)C)CC1. The Labute approximate surface area is 200 Å². The van der Waals surface area contributed by atoms with E-state index in [1.807, 2.05) is 0 Å². The lowest BCUT2D eigenvalue weighted by Crippen LogP contribution is -2.51. The smallest absolute Gasteiger partial charge is 0.387 e. The van der Waals surface area contributed by atoms with Crippen molar-refractivity contribution < 1.29 is 13.5 Å². The molecule has 5 rings (SSSR count). The Morgan fingerprint density at radius 2 is 1.68 bits per heavy atom. The van der Waals surface area contributed by atoms with Crippen LogP contribution < -0.4 is 10.5 Å². The number of pyridine rings is 1. The van der Waals surface area contributed by atoms with E-state index < -0.39 is 6.61 Å². The third kappa shape index (κ3) is 4.40. The predicted octanol–water partition coefficient (Wildman–Crippen LogP) is 4.23. The molecule has 1 aliphatic heterocycles. The molecule has 2 aromatic rings. The lowest BCUT2D eigenvalue weighted by atomic mass is 10.0. The number of alkyl halides is 2. The van der Waals surface area contributed by atoms with Crippen LogP contribution in [0.2, 0.25) is 0 Å². The Hall–Kier alpha value is -2.26. The molecule has 0 aromatic carbocycles. The standard InChI is InChI=1S/C25H36F2N6O/c1-14(2)31-5-7-32(8-6-31)17-10-18-19(11-17)23(18)21-12-20(30-33(21)15(3)4)16-9-22(34-25(26)27)24(28)29-13-16/h9,12-15,17-19,23,25H,5-8,10-11H2,1-4H3,(H2,28,29)/t17-,18-,19+,23+. The molecule has 2 saturated carbocycles. The van der Waals surface area contributed by atoms with E-state index in [9.17, 15) is 8.78 Å². The van der Waals surface area contributed by atoms with Gasteiger partial charge in [0.25, 0.3) is 0 Å². The molecular weight excluding hydrogens is 438 g/mol. The minimum absolute atomic E-state index is 0.0513. The molecular formula is C25H36F2N6O. The summed E-state index contributed by atoms with van der Waals surface area (Å²) in [6.45, 7) is 10.6. The Morgan fingerprint density at radius 3 is 2.26 bits per heavy atom. The van der Waals surface area contributed by atoms with Crippen molar-refractivity contribution in [2.75, 3.05) is 31.9 Å².